The van der Waals surface area contributed by atoms with E-state index in [1.807, 2.05) is 6.92 Å². The van der Waals surface area contributed by atoms with Crippen LogP contribution in [0.5, 0.6) is 0 Å². The molecule has 1 aliphatic heterocycles. The number of aryl methyl sites for hydroxylation is 1. The van der Waals surface area contributed by atoms with Gasteiger partial charge in [0.15, 0.2) is 0 Å². The fraction of sp³-hybridized carbons (Fsp3) is 0.611. The zero-order valence-electron chi connectivity index (χ0n) is 15.5. The van der Waals surface area contributed by atoms with Gasteiger partial charge in [0, 0.05) is 32.7 Å². The summed E-state index contributed by atoms with van der Waals surface area (Å²) in [4.78, 5) is 25.2. The Kier molecular flexibility index (Phi) is 6.76. The van der Waals surface area contributed by atoms with Crippen LogP contribution in [-0.2, 0) is 4.74 Å². The third-order valence-electron chi connectivity index (χ3n) is 4.57. The Bertz CT molecular complexity index is 743. The molecule has 1 amide bonds. The van der Waals surface area contributed by atoms with Crippen molar-refractivity contribution in [2.45, 2.75) is 26.7 Å². The Morgan fingerprint density at radius 1 is 1.31 bits per heavy atom. The number of amides is 1. The zero-order chi connectivity index (χ0) is 18.4. The second kappa shape index (κ2) is 9.25. The average Bonchev–Trinajstić information content (AvgIpc) is 3.00. The number of unbranched alkanes of at least 4 members (excludes halogenated alkanes) is 1. The fourth-order valence-electron chi connectivity index (χ4n) is 3.04. The standard InChI is InChI=1S/C18H27N5O2S/c1-3-4-5-20-17(24)15-13(2)14-16(21-12-22-18(14)26-15)19-6-7-23-8-10-25-11-9-23/h12H,3-11H2,1-2H3,(H,20,24)(H,19,21,22). The van der Waals surface area contributed by atoms with Crippen molar-refractivity contribution >= 4 is 33.3 Å². The van der Waals surface area contributed by atoms with Gasteiger partial charge in [-0.15, -0.1) is 11.3 Å². The molecular weight excluding hydrogens is 350 g/mol. The van der Waals surface area contributed by atoms with E-state index >= 15 is 0 Å². The summed E-state index contributed by atoms with van der Waals surface area (Å²) in [6, 6.07) is 0. The number of nitrogens with zero attached hydrogens (tertiary/aromatic N) is 3. The highest BCUT2D eigenvalue weighted by Gasteiger charge is 2.19. The molecule has 142 valence electrons. The predicted octanol–water partition coefficient (Wildman–Crippen LogP) is 2.27. The summed E-state index contributed by atoms with van der Waals surface area (Å²) >= 11 is 1.44. The number of aromatic nitrogens is 2. The zero-order valence-corrected chi connectivity index (χ0v) is 16.3. The lowest BCUT2D eigenvalue weighted by atomic mass is 10.2. The van der Waals surface area contributed by atoms with Crippen molar-refractivity contribution < 1.29 is 9.53 Å². The van der Waals surface area contributed by atoms with Crippen LogP contribution >= 0.6 is 11.3 Å². The topological polar surface area (TPSA) is 79.4 Å². The highest BCUT2D eigenvalue weighted by molar-refractivity contribution is 7.20. The van der Waals surface area contributed by atoms with E-state index in [4.69, 9.17) is 4.74 Å². The Morgan fingerprint density at radius 3 is 2.88 bits per heavy atom. The molecule has 2 aromatic heterocycles. The molecule has 8 heteroatoms. The van der Waals surface area contributed by atoms with Gasteiger partial charge in [-0.3, -0.25) is 9.69 Å². The first-order valence-electron chi connectivity index (χ1n) is 9.27. The summed E-state index contributed by atoms with van der Waals surface area (Å²) in [5.74, 6) is 0.794. The maximum atomic E-state index is 12.5. The molecule has 7 nitrogen and oxygen atoms in total. The summed E-state index contributed by atoms with van der Waals surface area (Å²) in [6.07, 6.45) is 3.62. The molecule has 0 unspecified atom stereocenters. The number of thiophene rings is 1. The molecule has 0 atom stereocenters. The lowest BCUT2D eigenvalue weighted by Crippen LogP contribution is -2.39. The molecule has 1 saturated heterocycles. The average molecular weight is 378 g/mol. The minimum Gasteiger partial charge on any atom is -0.379 e. The minimum absolute atomic E-state index is 0.0155. The molecule has 1 aliphatic rings. The maximum Gasteiger partial charge on any atom is 0.261 e. The van der Waals surface area contributed by atoms with Gasteiger partial charge in [0.05, 0.1) is 23.5 Å². The second-order valence-electron chi connectivity index (χ2n) is 6.45. The normalized spacial score (nSPS) is 15.3. The molecule has 2 N–H and O–H groups in total. The van der Waals surface area contributed by atoms with Gasteiger partial charge in [-0.25, -0.2) is 9.97 Å². The SMILES string of the molecule is CCCCNC(=O)c1sc2ncnc(NCCN3CCOCC3)c2c1C. The van der Waals surface area contributed by atoms with Crippen molar-refractivity contribution in [2.75, 3.05) is 51.3 Å². The van der Waals surface area contributed by atoms with Crippen LogP contribution in [0.2, 0.25) is 0 Å². The van der Waals surface area contributed by atoms with Crippen molar-refractivity contribution in [1.29, 1.82) is 0 Å². The second-order valence-corrected chi connectivity index (χ2v) is 7.45. The quantitative estimate of drug-likeness (QED) is 0.687. The molecule has 1 fully saturated rings. The highest BCUT2D eigenvalue weighted by Crippen LogP contribution is 2.33. The Morgan fingerprint density at radius 2 is 2.12 bits per heavy atom. The molecule has 0 saturated carbocycles. The third-order valence-corrected chi connectivity index (χ3v) is 5.77. The van der Waals surface area contributed by atoms with E-state index in [0.717, 1.165) is 78.7 Å². The van der Waals surface area contributed by atoms with Gasteiger partial charge in [0.25, 0.3) is 5.91 Å². The molecule has 0 spiro atoms. The number of fused-ring (bicyclic) bond motifs is 1. The number of nitrogens with one attached hydrogen (secondary N) is 2. The van der Waals surface area contributed by atoms with Crippen molar-refractivity contribution in [3.05, 3.63) is 16.8 Å². The third kappa shape index (κ3) is 4.49. The maximum absolute atomic E-state index is 12.5. The van der Waals surface area contributed by atoms with Gasteiger partial charge in [0.2, 0.25) is 0 Å². The smallest absolute Gasteiger partial charge is 0.261 e. The number of ether oxygens (including phenoxy) is 1. The minimum atomic E-state index is -0.0155. The summed E-state index contributed by atoms with van der Waals surface area (Å²) in [5.41, 5.74) is 0.952. The Balaban J connectivity index is 1.69. The molecule has 3 heterocycles. The van der Waals surface area contributed by atoms with Crippen LogP contribution in [0, 0.1) is 6.92 Å². The van der Waals surface area contributed by atoms with Gasteiger partial charge in [0.1, 0.15) is 17.0 Å². The number of carbonyl (C=O) groups is 1. The molecule has 0 aliphatic carbocycles. The summed E-state index contributed by atoms with van der Waals surface area (Å²) in [6.45, 7) is 10.1. The Hall–Kier alpha value is -1.77. The predicted molar refractivity (Wildman–Crippen MR) is 105 cm³/mol. The monoisotopic (exact) mass is 377 g/mol. The fourth-order valence-corrected chi connectivity index (χ4v) is 4.10. The van der Waals surface area contributed by atoms with Crippen LogP contribution < -0.4 is 10.6 Å². The van der Waals surface area contributed by atoms with Gasteiger partial charge in [-0.1, -0.05) is 13.3 Å². The van der Waals surface area contributed by atoms with Crippen LogP contribution in [0.1, 0.15) is 35.0 Å². The van der Waals surface area contributed by atoms with Gasteiger partial charge >= 0.3 is 0 Å². The van der Waals surface area contributed by atoms with Crippen LogP contribution in [0.3, 0.4) is 0 Å². The molecule has 3 rings (SSSR count). The number of hydrogen-bond acceptors (Lipinski definition) is 7. The van der Waals surface area contributed by atoms with Crippen LogP contribution in [0.15, 0.2) is 6.33 Å². The van der Waals surface area contributed by atoms with Gasteiger partial charge < -0.3 is 15.4 Å². The number of morpholine rings is 1. The van der Waals surface area contributed by atoms with E-state index in [-0.39, 0.29) is 5.91 Å². The first kappa shape index (κ1) is 19.0. The van der Waals surface area contributed by atoms with Gasteiger partial charge in [-0.05, 0) is 18.9 Å². The van der Waals surface area contributed by atoms with Crippen molar-refractivity contribution in [3.8, 4) is 0 Å². The summed E-state index contributed by atoms with van der Waals surface area (Å²) < 4.78 is 5.38. The first-order chi connectivity index (χ1) is 12.7. The molecule has 0 bridgehead atoms. The van der Waals surface area contributed by atoms with Crippen LogP contribution in [0.25, 0.3) is 10.2 Å². The van der Waals surface area contributed by atoms with E-state index in [9.17, 15) is 4.79 Å². The van der Waals surface area contributed by atoms with E-state index in [0.29, 0.717) is 6.54 Å². The van der Waals surface area contributed by atoms with Crippen molar-refractivity contribution in [2.24, 2.45) is 0 Å². The van der Waals surface area contributed by atoms with Crippen molar-refractivity contribution in [3.63, 3.8) is 0 Å². The lowest BCUT2D eigenvalue weighted by molar-refractivity contribution is 0.0398. The van der Waals surface area contributed by atoms with E-state index in [1.54, 1.807) is 6.33 Å². The van der Waals surface area contributed by atoms with E-state index < -0.39 is 0 Å². The number of anilines is 1. The summed E-state index contributed by atoms with van der Waals surface area (Å²) in [7, 11) is 0. The van der Waals surface area contributed by atoms with E-state index in [2.05, 4.69) is 32.4 Å². The van der Waals surface area contributed by atoms with E-state index in [1.165, 1.54) is 11.3 Å². The van der Waals surface area contributed by atoms with Crippen LogP contribution in [-0.4, -0.2) is 66.7 Å². The lowest BCUT2D eigenvalue weighted by Gasteiger charge is -2.26. The highest BCUT2D eigenvalue weighted by atomic mass is 32.1. The molecule has 0 aromatic carbocycles. The number of hydrogen-bond donors (Lipinski definition) is 2. The van der Waals surface area contributed by atoms with Crippen molar-refractivity contribution in [1.82, 2.24) is 20.2 Å². The molecule has 0 radical (unpaired) electrons. The van der Waals surface area contributed by atoms with Crippen LogP contribution in [0.4, 0.5) is 5.82 Å². The first-order valence-corrected chi connectivity index (χ1v) is 10.1. The number of rotatable bonds is 8. The Labute approximate surface area is 158 Å². The number of carbonyl (C=O) groups excluding carboxylic acids is 1. The largest absolute Gasteiger partial charge is 0.379 e. The van der Waals surface area contributed by atoms with Gasteiger partial charge in [-0.2, -0.15) is 0 Å². The molecular formula is C18H27N5O2S. The summed E-state index contributed by atoms with van der Waals surface area (Å²) in [5, 5.41) is 7.37. The molecule has 26 heavy (non-hydrogen) atoms. The molecule has 2 aromatic rings.